The van der Waals surface area contributed by atoms with Gasteiger partial charge in [-0.25, -0.2) is 0 Å². The molecule has 0 rings (SSSR count). The van der Waals surface area contributed by atoms with Gasteiger partial charge in [-0.05, 0) is 13.0 Å². The molecule has 0 saturated carbocycles. The van der Waals surface area contributed by atoms with Gasteiger partial charge in [-0.3, -0.25) is 9.36 Å². The highest BCUT2D eigenvalue weighted by atomic mass is 31.1. The zero-order chi connectivity index (χ0) is 8.69. The van der Waals surface area contributed by atoms with Crippen LogP contribution in [0.3, 0.4) is 0 Å². The van der Waals surface area contributed by atoms with E-state index in [0.717, 1.165) is 0 Å². The fourth-order valence-electron chi connectivity index (χ4n) is 0.635. The van der Waals surface area contributed by atoms with Gasteiger partial charge in [0.15, 0.2) is 8.69 Å². The lowest BCUT2D eigenvalue weighted by Crippen LogP contribution is -2.21. The largest absolute Gasteiger partial charge is 0.481 e. The zero-order valence-electron chi connectivity index (χ0n) is 6.73. The van der Waals surface area contributed by atoms with Gasteiger partial charge in [-0.1, -0.05) is 0 Å². The summed E-state index contributed by atoms with van der Waals surface area (Å²) in [5.41, 5.74) is 5.15. The van der Waals surface area contributed by atoms with Crippen LogP contribution in [0.15, 0.2) is 0 Å². The molecular weight excluding hydrogens is 183 g/mol. The molecule has 0 amide bonds. The maximum absolute atomic E-state index is 10.4. The summed E-state index contributed by atoms with van der Waals surface area (Å²) in [5, 5.41) is 8.50. The second kappa shape index (κ2) is 8.67. The molecule has 0 aromatic heterocycles. The van der Waals surface area contributed by atoms with Gasteiger partial charge in [0.2, 0.25) is 0 Å². The summed E-state index contributed by atoms with van der Waals surface area (Å²) in [6.45, 7) is 0.292. The van der Waals surface area contributed by atoms with E-state index in [1.807, 2.05) is 0 Å². The molecule has 0 aliphatic rings. The maximum Gasteiger partial charge on any atom is 0.308 e. The van der Waals surface area contributed by atoms with E-state index in [-0.39, 0.29) is 12.8 Å². The van der Waals surface area contributed by atoms with E-state index in [0.29, 0.717) is 13.0 Å². The van der Waals surface area contributed by atoms with Crippen molar-refractivity contribution in [2.24, 2.45) is 11.7 Å². The minimum Gasteiger partial charge on any atom is -0.481 e. The van der Waals surface area contributed by atoms with Gasteiger partial charge in [0.1, 0.15) is 0 Å². The first-order valence-corrected chi connectivity index (χ1v) is 4.14. The number of carboxylic acids is 1. The maximum atomic E-state index is 10.4. The van der Waals surface area contributed by atoms with E-state index >= 15 is 0 Å². The molecule has 0 saturated heterocycles. The third kappa shape index (κ3) is 6.30. The molecule has 0 fully saturated rings. The topological polar surface area (TPSA) is 125 Å². The number of rotatable bonds is 6. The summed E-state index contributed by atoms with van der Waals surface area (Å²) < 4.78 is 14.4. The molecule has 0 aliphatic heterocycles. The molecule has 0 heterocycles. The molecule has 0 aliphatic carbocycles. The average Bonchev–Trinajstić information content (AvgIpc) is 1.97. The molecule has 2 atom stereocenters. The Morgan fingerprint density at radius 1 is 1.67 bits per heavy atom. The molecule has 0 bridgehead atoms. The molecule has 6 N–H and O–H groups in total. The standard InChI is InChI=1S/C5H12NO4P.H3N/c6-2-1-4(5(7)8)3-10-11-9;/h4H,1-3,6,11H2,(H,7,8);1H3. The monoisotopic (exact) mass is 198 g/mol. The van der Waals surface area contributed by atoms with Gasteiger partial charge in [0, 0.05) is 0 Å². The van der Waals surface area contributed by atoms with Crippen molar-refractivity contribution in [1.82, 2.24) is 6.15 Å². The predicted octanol–water partition coefficient (Wildman–Crippen LogP) is -0.114. The minimum absolute atomic E-state index is 0. The van der Waals surface area contributed by atoms with Crippen LogP contribution >= 0.6 is 8.69 Å². The molecule has 12 heavy (non-hydrogen) atoms. The number of hydrogen-bond donors (Lipinski definition) is 3. The first kappa shape index (κ1) is 14.1. The van der Waals surface area contributed by atoms with Crippen LogP contribution in [0.2, 0.25) is 0 Å². The Morgan fingerprint density at radius 2 is 2.25 bits per heavy atom. The molecule has 0 spiro atoms. The number of hydrogen-bond acceptors (Lipinski definition) is 5. The first-order valence-electron chi connectivity index (χ1n) is 3.20. The van der Waals surface area contributed by atoms with Crippen LogP contribution in [0.5, 0.6) is 0 Å². The van der Waals surface area contributed by atoms with E-state index in [1.165, 1.54) is 0 Å². The predicted molar refractivity (Wildman–Crippen MR) is 46.2 cm³/mol. The lowest BCUT2D eigenvalue weighted by atomic mass is 10.1. The molecule has 7 heteroatoms. The summed E-state index contributed by atoms with van der Waals surface area (Å²) in [4.78, 5) is 10.4. The van der Waals surface area contributed by atoms with Gasteiger partial charge < -0.3 is 21.5 Å². The van der Waals surface area contributed by atoms with Crippen LogP contribution in [-0.4, -0.2) is 24.2 Å². The summed E-state index contributed by atoms with van der Waals surface area (Å²) in [6.07, 6.45) is 0.356. The fraction of sp³-hybridized carbons (Fsp3) is 0.800. The van der Waals surface area contributed by atoms with Crippen LogP contribution in [0.4, 0.5) is 0 Å². The van der Waals surface area contributed by atoms with Gasteiger partial charge in [-0.2, -0.15) is 0 Å². The summed E-state index contributed by atoms with van der Waals surface area (Å²) in [5.74, 6) is -1.58. The first-order chi connectivity index (χ1) is 5.22. The van der Waals surface area contributed by atoms with Crippen molar-refractivity contribution in [3.63, 3.8) is 0 Å². The van der Waals surface area contributed by atoms with Crippen molar-refractivity contribution in [2.75, 3.05) is 13.2 Å². The van der Waals surface area contributed by atoms with Gasteiger partial charge in [0.25, 0.3) is 0 Å². The SMILES string of the molecule is N.NCCC(CO[PH2]=O)C(=O)O. The smallest absolute Gasteiger partial charge is 0.308 e. The summed E-state index contributed by atoms with van der Waals surface area (Å²) in [7, 11) is -1.32. The van der Waals surface area contributed by atoms with Crippen molar-refractivity contribution in [1.29, 1.82) is 0 Å². The van der Waals surface area contributed by atoms with Crippen LogP contribution in [0, 0.1) is 5.92 Å². The third-order valence-electron chi connectivity index (χ3n) is 1.23. The van der Waals surface area contributed by atoms with E-state index in [9.17, 15) is 9.36 Å². The van der Waals surface area contributed by atoms with Crippen LogP contribution in [0.1, 0.15) is 6.42 Å². The Morgan fingerprint density at radius 3 is 2.58 bits per heavy atom. The van der Waals surface area contributed by atoms with Crippen molar-refractivity contribution < 1.29 is 19.0 Å². The van der Waals surface area contributed by atoms with Gasteiger partial charge in [0.05, 0.1) is 12.5 Å². The van der Waals surface area contributed by atoms with Crippen LogP contribution in [-0.2, 0) is 13.9 Å². The van der Waals surface area contributed by atoms with Crippen molar-refractivity contribution in [3.05, 3.63) is 0 Å². The number of nitrogens with two attached hydrogens (primary N) is 1. The lowest BCUT2D eigenvalue weighted by molar-refractivity contribution is -0.142. The number of carbonyl (C=O) groups is 1. The minimum atomic E-state index is -1.32. The van der Waals surface area contributed by atoms with E-state index in [2.05, 4.69) is 4.52 Å². The highest BCUT2D eigenvalue weighted by molar-refractivity contribution is 7.17. The molecule has 0 aromatic carbocycles. The van der Waals surface area contributed by atoms with Gasteiger partial charge in [-0.15, -0.1) is 0 Å². The normalized spacial score (nSPS) is 12.8. The summed E-state index contributed by atoms with van der Waals surface area (Å²) >= 11 is 0. The summed E-state index contributed by atoms with van der Waals surface area (Å²) in [6, 6.07) is 0. The Hall–Kier alpha value is -0.420. The lowest BCUT2D eigenvalue weighted by Gasteiger charge is -2.07. The Bertz CT molecular complexity index is 143. The van der Waals surface area contributed by atoms with E-state index in [4.69, 9.17) is 10.8 Å². The van der Waals surface area contributed by atoms with Gasteiger partial charge >= 0.3 is 5.97 Å². The zero-order valence-corrected chi connectivity index (χ0v) is 7.89. The molecule has 74 valence electrons. The second-order valence-corrected chi connectivity index (χ2v) is 2.57. The van der Waals surface area contributed by atoms with E-state index < -0.39 is 20.6 Å². The average molecular weight is 198 g/mol. The molecule has 6 nitrogen and oxygen atoms in total. The molecule has 2 unspecified atom stereocenters. The van der Waals surface area contributed by atoms with Crippen molar-refractivity contribution >= 4 is 14.7 Å². The Balaban J connectivity index is 0. The molecule has 0 aromatic rings. The van der Waals surface area contributed by atoms with Crippen LogP contribution in [0.25, 0.3) is 0 Å². The third-order valence-corrected chi connectivity index (χ3v) is 1.56. The van der Waals surface area contributed by atoms with Crippen LogP contribution < -0.4 is 11.9 Å². The number of aliphatic carboxylic acids is 1. The second-order valence-electron chi connectivity index (χ2n) is 2.04. The highest BCUT2D eigenvalue weighted by Crippen LogP contribution is 2.06. The Kier molecular flexibility index (Phi) is 10.2. The Labute approximate surface area is 72.0 Å². The van der Waals surface area contributed by atoms with Crippen molar-refractivity contribution in [3.8, 4) is 0 Å². The molecular formula is C5H15N2O4P. The van der Waals surface area contributed by atoms with Crippen molar-refractivity contribution in [2.45, 2.75) is 6.42 Å². The van der Waals surface area contributed by atoms with E-state index in [1.54, 1.807) is 0 Å². The molecule has 0 radical (unpaired) electrons. The number of carboxylic acid groups (broad SMARTS) is 1. The fourth-order valence-corrected chi connectivity index (χ4v) is 0.946. The highest BCUT2D eigenvalue weighted by Gasteiger charge is 2.15. The quantitative estimate of drug-likeness (QED) is 0.511.